The average Bonchev–Trinajstić information content (AvgIpc) is 3.29. The molecule has 10 heteroatoms. The number of fused-ring (bicyclic) bond motifs is 2. The van der Waals surface area contributed by atoms with Crippen LogP contribution in [0.4, 0.5) is 17.5 Å². The van der Waals surface area contributed by atoms with E-state index in [1.807, 2.05) is 11.0 Å². The zero-order chi connectivity index (χ0) is 25.6. The number of nitriles is 1. The lowest BCUT2D eigenvalue weighted by molar-refractivity contribution is 0.0666. The smallest absolute Gasteiger partial charge is 0.272 e. The van der Waals surface area contributed by atoms with Gasteiger partial charge in [-0.2, -0.15) is 5.26 Å². The van der Waals surface area contributed by atoms with Gasteiger partial charge in [0.1, 0.15) is 29.5 Å². The number of amides is 1. The third-order valence-corrected chi connectivity index (χ3v) is 7.86. The van der Waals surface area contributed by atoms with Crippen molar-refractivity contribution in [2.75, 3.05) is 43.1 Å². The molecule has 1 saturated carbocycles. The van der Waals surface area contributed by atoms with E-state index in [4.69, 9.17) is 14.7 Å². The van der Waals surface area contributed by atoms with Crippen molar-refractivity contribution in [1.29, 1.82) is 5.26 Å². The highest BCUT2D eigenvalue weighted by Crippen LogP contribution is 2.56. The van der Waals surface area contributed by atoms with Gasteiger partial charge in [0.05, 0.1) is 18.7 Å². The van der Waals surface area contributed by atoms with Gasteiger partial charge in [-0.25, -0.2) is 19.9 Å². The second-order valence-corrected chi connectivity index (χ2v) is 9.99. The first-order valence-corrected chi connectivity index (χ1v) is 12.6. The zero-order valence-corrected chi connectivity index (χ0v) is 21.0. The van der Waals surface area contributed by atoms with Crippen molar-refractivity contribution in [3.8, 4) is 11.9 Å². The zero-order valence-electron chi connectivity index (χ0n) is 21.0. The van der Waals surface area contributed by atoms with Crippen LogP contribution >= 0.6 is 0 Å². The summed E-state index contributed by atoms with van der Waals surface area (Å²) in [4.78, 5) is 37.9. The molecule has 6 rings (SSSR count). The molecule has 1 unspecified atom stereocenters. The Hall–Kier alpha value is -4.26. The molecule has 1 atom stereocenters. The van der Waals surface area contributed by atoms with Gasteiger partial charge < -0.3 is 19.4 Å². The minimum absolute atomic E-state index is 0.0169. The first kappa shape index (κ1) is 23.2. The quantitative estimate of drug-likeness (QED) is 0.538. The summed E-state index contributed by atoms with van der Waals surface area (Å²) in [6, 6.07) is 11.0. The minimum atomic E-state index is -0.0935. The predicted molar refractivity (Wildman–Crippen MR) is 137 cm³/mol. The Morgan fingerprint density at radius 1 is 1.16 bits per heavy atom. The molecule has 37 heavy (non-hydrogen) atoms. The van der Waals surface area contributed by atoms with Gasteiger partial charge in [-0.3, -0.25) is 4.79 Å². The van der Waals surface area contributed by atoms with Gasteiger partial charge in [-0.05, 0) is 38.0 Å². The number of hydrogen-bond donors (Lipinski definition) is 0. The number of nitrogens with zero attached hydrogens (tertiary/aromatic N) is 8. The Kier molecular flexibility index (Phi) is 5.63. The van der Waals surface area contributed by atoms with E-state index < -0.39 is 0 Å². The number of pyridine rings is 2. The number of hydrogen-bond acceptors (Lipinski definition) is 9. The second-order valence-electron chi connectivity index (χ2n) is 9.99. The lowest BCUT2D eigenvalue weighted by Crippen LogP contribution is -2.55. The van der Waals surface area contributed by atoms with Gasteiger partial charge in [-0.1, -0.05) is 12.5 Å². The Labute approximate surface area is 215 Å². The molecule has 3 aromatic heterocycles. The minimum Gasteiger partial charge on any atom is -0.481 e. The van der Waals surface area contributed by atoms with Gasteiger partial charge >= 0.3 is 0 Å². The molecule has 10 nitrogen and oxygen atoms in total. The van der Waals surface area contributed by atoms with Crippen molar-refractivity contribution >= 4 is 23.4 Å². The monoisotopic (exact) mass is 496 g/mol. The van der Waals surface area contributed by atoms with E-state index in [9.17, 15) is 10.1 Å². The van der Waals surface area contributed by atoms with Crippen LogP contribution in [0.5, 0.6) is 5.88 Å². The number of anilines is 3. The molecule has 5 heterocycles. The highest BCUT2D eigenvalue weighted by molar-refractivity contribution is 5.93. The average molecular weight is 497 g/mol. The molecule has 1 spiro atoms. The van der Waals surface area contributed by atoms with Gasteiger partial charge in [0.2, 0.25) is 5.88 Å². The van der Waals surface area contributed by atoms with Crippen molar-refractivity contribution < 1.29 is 9.53 Å². The summed E-state index contributed by atoms with van der Waals surface area (Å²) >= 11 is 0. The van der Waals surface area contributed by atoms with Crippen LogP contribution in [0.1, 0.15) is 47.8 Å². The molecule has 188 valence electrons. The number of rotatable bonds is 4. The van der Waals surface area contributed by atoms with E-state index in [0.717, 1.165) is 36.8 Å². The predicted octanol–water partition coefficient (Wildman–Crippen LogP) is 3.07. The summed E-state index contributed by atoms with van der Waals surface area (Å²) in [5.74, 6) is 2.90. The molecule has 0 N–H and O–H groups in total. The van der Waals surface area contributed by atoms with Crippen LogP contribution < -0.4 is 14.5 Å². The first-order chi connectivity index (χ1) is 18.0. The van der Waals surface area contributed by atoms with Crippen molar-refractivity contribution in [3.05, 3.63) is 59.7 Å². The van der Waals surface area contributed by atoms with Crippen LogP contribution in [0, 0.1) is 11.3 Å². The Bertz CT molecular complexity index is 1400. The Morgan fingerprint density at radius 3 is 2.73 bits per heavy atom. The fourth-order valence-electron chi connectivity index (χ4n) is 5.83. The molecule has 3 aliphatic rings. The summed E-state index contributed by atoms with van der Waals surface area (Å²) < 4.78 is 5.20. The van der Waals surface area contributed by atoms with E-state index in [1.54, 1.807) is 43.9 Å². The van der Waals surface area contributed by atoms with Crippen LogP contribution in [-0.2, 0) is 5.41 Å². The lowest BCUT2D eigenvalue weighted by atomic mass is 9.66. The summed E-state index contributed by atoms with van der Waals surface area (Å²) in [6.07, 6.45) is 6.61. The van der Waals surface area contributed by atoms with E-state index in [0.29, 0.717) is 36.8 Å². The molecular weight excluding hydrogens is 468 g/mol. The number of carbonyl (C=O) groups is 1. The van der Waals surface area contributed by atoms with Crippen LogP contribution in [0.15, 0.2) is 42.9 Å². The van der Waals surface area contributed by atoms with Crippen molar-refractivity contribution in [1.82, 2.24) is 24.8 Å². The van der Waals surface area contributed by atoms with Gasteiger partial charge in [-0.15, -0.1) is 0 Å². The normalized spacial score (nSPS) is 19.8. The fraction of sp³-hybridized carbons (Fsp3) is 0.407. The maximum Gasteiger partial charge on any atom is 0.272 e. The topological polar surface area (TPSA) is 111 Å². The third kappa shape index (κ3) is 3.82. The Balaban J connectivity index is 1.29. The van der Waals surface area contributed by atoms with Gasteiger partial charge in [0.15, 0.2) is 0 Å². The number of carbonyl (C=O) groups excluding carboxylic acids is 1. The highest BCUT2D eigenvalue weighted by Gasteiger charge is 2.51. The number of aromatic nitrogens is 4. The maximum atomic E-state index is 13.2. The van der Waals surface area contributed by atoms with Crippen LogP contribution in [0.2, 0.25) is 0 Å². The van der Waals surface area contributed by atoms with Crippen LogP contribution in [0.25, 0.3) is 0 Å². The summed E-state index contributed by atoms with van der Waals surface area (Å²) in [6.45, 7) is 4.75. The van der Waals surface area contributed by atoms with Crippen molar-refractivity contribution in [2.45, 2.75) is 37.6 Å². The molecule has 1 aliphatic carbocycles. The van der Waals surface area contributed by atoms with Gasteiger partial charge in [0.25, 0.3) is 5.91 Å². The number of piperazine rings is 1. The maximum absolute atomic E-state index is 13.2. The molecule has 3 aromatic rings. The SMILES string of the molecule is COc1cccc(C(=O)N2CCN(c3ncnc4c3C3(CCC3)CN4c3cc(C#N)ccn3)CC2C)n1. The molecule has 0 radical (unpaired) electrons. The molecule has 1 amide bonds. The van der Waals surface area contributed by atoms with Crippen molar-refractivity contribution in [2.24, 2.45) is 0 Å². The van der Waals surface area contributed by atoms with E-state index in [2.05, 4.69) is 32.8 Å². The second kappa shape index (κ2) is 9.00. The lowest BCUT2D eigenvalue weighted by Gasteiger charge is -2.43. The van der Waals surface area contributed by atoms with Crippen molar-refractivity contribution in [3.63, 3.8) is 0 Å². The first-order valence-electron chi connectivity index (χ1n) is 12.6. The van der Waals surface area contributed by atoms with Crippen LogP contribution in [-0.4, -0.2) is 70.1 Å². The standard InChI is InChI=1S/C27H28N8O2/c1-18-15-33(11-12-34(18)26(36)20-5-3-6-22(32-20)37-2)24-23-25(31-17-30-24)35(16-27(23)8-4-9-27)21-13-19(14-28)7-10-29-21/h3,5-7,10,13,17-18H,4,8-9,11-12,15-16H2,1-2H3. The summed E-state index contributed by atoms with van der Waals surface area (Å²) in [7, 11) is 1.55. The molecule has 0 bridgehead atoms. The molecule has 2 fully saturated rings. The summed E-state index contributed by atoms with van der Waals surface area (Å²) in [5.41, 5.74) is 2.12. The highest BCUT2D eigenvalue weighted by atomic mass is 16.5. The van der Waals surface area contributed by atoms with E-state index >= 15 is 0 Å². The fourth-order valence-corrected chi connectivity index (χ4v) is 5.83. The number of methoxy groups -OCH3 is 1. The van der Waals surface area contributed by atoms with Gasteiger partial charge in [0, 0.05) is 55.5 Å². The molecular formula is C27H28N8O2. The molecule has 0 aromatic carbocycles. The largest absolute Gasteiger partial charge is 0.481 e. The number of ether oxygens (including phenoxy) is 1. The molecule has 2 aliphatic heterocycles. The molecule has 1 saturated heterocycles. The Morgan fingerprint density at radius 2 is 2.00 bits per heavy atom. The van der Waals surface area contributed by atoms with E-state index in [-0.39, 0.29) is 17.4 Å². The third-order valence-electron chi connectivity index (χ3n) is 7.86. The van der Waals surface area contributed by atoms with E-state index in [1.165, 1.54) is 12.0 Å². The van der Waals surface area contributed by atoms with Crippen LogP contribution in [0.3, 0.4) is 0 Å². The summed E-state index contributed by atoms with van der Waals surface area (Å²) in [5, 5.41) is 9.39.